The number of alkyl halides is 3. The van der Waals surface area contributed by atoms with E-state index >= 15 is 0 Å². The van der Waals surface area contributed by atoms with E-state index in [0.29, 0.717) is 0 Å². The Balaban J connectivity index is 3.11. The van der Waals surface area contributed by atoms with E-state index in [1.807, 2.05) is 5.32 Å². The van der Waals surface area contributed by atoms with Gasteiger partial charge in [-0.3, -0.25) is 4.79 Å². The van der Waals surface area contributed by atoms with Crippen molar-refractivity contribution in [3.63, 3.8) is 0 Å². The molecule has 1 N–H and O–H groups in total. The van der Waals surface area contributed by atoms with Gasteiger partial charge in [0.1, 0.15) is 0 Å². The smallest absolute Gasteiger partial charge is 0.328 e. The molecule has 1 rings (SSSR count). The summed E-state index contributed by atoms with van der Waals surface area (Å²) in [5.41, 5.74) is -1.08. The van der Waals surface area contributed by atoms with Gasteiger partial charge in [-0.05, 0) is 12.1 Å². The zero-order chi connectivity index (χ0) is 9.90. The SMILES string of the molecule is O=CNc1ccccc1C(F)(F)F. The van der Waals surface area contributed by atoms with Gasteiger partial charge in [0.05, 0.1) is 11.3 Å². The second kappa shape index (κ2) is 3.47. The molecule has 1 aromatic rings. The normalized spacial score (nSPS) is 11.0. The molecule has 0 fully saturated rings. The second-order valence-electron chi connectivity index (χ2n) is 2.31. The minimum Gasteiger partial charge on any atom is -0.328 e. The molecule has 70 valence electrons. The van der Waals surface area contributed by atoms with Crippen LogP contribution in [0, 0.1) is 0 Å². The molecule has 0 saturated carbocycles. The monoisotopic (exact) mass is 189 g/mol. The highest BCUT2D eigenvalue weighted by atomic mass is 19.4. The second-order valence-corrected chi connectivity index (χ2v) is 2.31. The third-order valence-electron chi connectivity index (χ3n) is 1.45. The molecule has 0 atom stereocenters. The molecule has 0 aliphatic heterocycles. The molecule has 0 heterocycles. The number of halogens is 3. The van der Waals surface area contributed by atoms with Crippen LogP contribution in [0.1, 0.15) is 5.56 Å². The maximum absolute atomic E-state index is 12.2. The molecule has 0 saturated heterocycles. The Kier molecular flexibility index (Phi) is 2.55. The average Bonchev–Trinajstić information content (AvgIpc) is 2.04. The number of rotatable bonds is 2. The first-order valence-corrected chi connectivity index (χ1v) is 3.42. The van der Waals surface area contributed by atoms with Crippen molar-refractivity contribution in [3.8, 4) is 0 Å². The Morgan fingerprint density at radius 1 is 1.23 bits per heavy atom. The lowest BCUT2D eigenvalue weighted by molar-refractivity contribution is -0.136. The van der Waals surface area contributed by atoms with Gasteiger partial charge in [-0.15, -0.1) is 0 Å². The molecule has 1 amide bonds. The van der Waals surface area contributed by atoms with Gasteiger partial charge in [0, 0.05) is 0 Å². The number of anilines is 1. The lowest BCUT2D eigenvalue weighted by atomic mass is 10.2. The van der Waals surface area contributed by atoms with Gasteiger partial charge >= 0.3 is 6.18 Å². The van der Waals surface area contributed by atoms with Crippen molar-refractivity contribution in [1.29, 1.82) is 0 Å². The Hall–Kier alpha value is -1.52. The molecule has 0 unspecified atom stereocenters. The Bertz CT molecular complexity index is 309. The fraction of sp³-hybridized carbons (Fsp3) is 0.125. The quantitative estimate of drug-likeness (QED) is 0.710. The molecule has 1 aromatic carbocycles. The number of carbonyl (C=O) groups excluding carboxylic acids is 1. The van der Waals surface area contributed by atoms with E-state index in [1.165, 1.54) is 18.2 Å². The van der Waals surface area contributed by atoms with E-state index in [-0.39, 0.29) is 12.1 Å². The first kappa shape index (κ1) is 9.57. The van der Waals surface area contributed by atoms with Crippen LogP contribution in [0.3, 0.4) is 0 Å². The lowest BCUT2D eigenvalue weighted by Crippen LogP contribution is -2.09. The first-order chi connectivity index (χ1) is 6.05. The highest BCUT2D eigenvalue weighted by molar-refractivity contribution is 5.73. The fourth-order valence-corrected chi connectivity index (χ4v) is 0.920. The van der Waals surface area contributed by atoms with Crippen molar-refractivity contribution in [1.82, 2.24) is 0 Å². The molecular formula is C8H6F3NO. The van der Waals surface area contributed by atoms with Gasteiger partial charge < -0.3 is 5.32 Å². The van der Waals surface area contributed by atoms with Crippen molar-refractivity contribution in [3.05, 3.63) is 29.8 Å². The van der Waals surface area contributed by atoms with Crippen molar-refractivity contribution >= 4 is 12.1 Å². The van der Waals surface area contributed by atoms with Gasteiger partial charge in [-0.2, -0.15) is 13.2 Å². The molecule has 13 heavy (non-hydrogen) atoms. The zero-order valence-electron chi connectivity index (χ0n) is 6.43. The number of hydrogen-bond acceptors (Lipinski definition) is 1. The summed E-state index contributed by atoms with van der Waals surface area (Å²) in [4.78, 5) is 9.97. The van der Waals surface area contributed by atoms with Gasteiger partial charge in [-0.25, -0.2) is 0 Å². The topological polar surface area (TPSA) is 29.1 Å². The fourth-order valence-electron chi connectivity index (χ4n) is 0.920. The molecule has 5 heteroatoms. The largest absolute Gasteiger partial charge is 0.418 e. The number of carbonyl (C=O) groups is 1. The highest BCUT2D eigenvalue weighted by Crippen LogP contribution is 2.34. The van der Waals surface area contributed by atoms with Gasteiger partial charge in [0.2, 0.25) is 6.41 Å². The minimum absolute atomic E-state index is 0.213. The van der Waals surface area contributed by atoms with E-state index in [2.05, 4.69) is 0 Å². The van der Waals surface area contributed by atoms with Gasteiger partial charge in [0.25, 0.3) is 0 Å². The van der Waals surface area contributed by atoms with E-state index < -0.39 is 11.7 Å². The van der Waals surface area contributed by atoms with Gasteiger partial charge in [-0.1, -0.05) is 12.1 Å². The number of hydrogen-bond donors (Lipinski definition) is 1. The summed E-state index contributed by atoms with van der Waals surface area (Å²) in [5, 5.41) is 1.98. The summed E-state index contributed by atoms with van der Waals surface area (Å²) < 4.78 is 36.6. The summed E-state index contributed by atoms with van der Waals surface area (Å²) in [6.07, 6.45) is -4.23. The summed E-state index contributed by atoms with van der Waals surface area (Å²) in [7, 11) is 0. The van der Waals surface area contributed by atoms with Crippen LogP contribution in [0.2, 0.25) is 0 Å². The molecule has 0 aliphatic carbocycles. The van der Waals surface area contributed by atoms with Crippen LogP contribution < -0.4 is 5.32 Å². The van der Waals surface area contributed by atoms with Crippen molar-refractivity contribution in [2.75, 3.05) is 5.32 Å². The summed E-state index contributed by atoms with van der Waals surface area (Å²) >= 11 is 0. The molecule has 0 radical (unpaired) electrons. The third-order valence-corrected chi connectivity index (χ3v) is 1.45. The lowest BCUT2D eigenvalue weighted by Gasteiger charge is -2.10. The van der Waals surface area contributed by atoms with Crippen LogP contribution in [0.5, 0.6) is 0 Å². The zero-order valence-corrected chi connectivity index (χ0v) is 6.43. The predicted molar refractivity (Wildman–Crippen MR) is 41.1 cm³/mol. The van der Waals surface area contributed by atoms with Crippen LogP contribution in [0.25, 0.3) is 0 Å². The molecule has 2 nitrogen and oxygen atoms in total. The van der Waals surface area contributed by atoms with Crippen LogP contribution in [-0.2, 0) is 11.0 Å². The van der Waals surface area contributed by atoms with Crippen molar-refractivity contribution in [2.45, 2.75) is 6.18 Å². The third kappa shape index (κ3) is 2.21. The number of nitrogens with one attached hydrogen (secondary N) is 1. The maximum Gasteiger partial charge on any atom is 0.418 e. The molecule has 0 aliphatic rings. The van der Waals surface area contributed by atoms with E-state index in [9.17, 15) is 18.0 Å². The Labute approximate surface area is 72.4 Å². The predicted octanol–water partition coefficient (Wildman–Crippen LogP) is 2.27. The number of benzene rings is 1. The van der Waals surface area contributed by atoms with Crippen LogP contribution >= 0.6 is 0 Å². The summed E-state index contributed by atoms with van der Waals surface area (Å²) in [6, 6.07) is 4.78. The maximum atomic E-state index is 12.2. The highest BCUT2D eigenvalue weighted by Gasteiger charge is 2.32. The Morgan fingerprint density at radius 3 is 2.38 bits per heavy atom. The molecule has 0 bridgehead atoms. The minimum atomic E-state index is -4.44. The van der Waals surface area contributed by atoms with Gasteiger partial charge in [0.15, 0.2) is 0 Å². The van der Waals surface area contributed by atoms with Crippen LogP contribution in [0.15, 0.2) is 24.3 Å². The first-order valence-electron chi connectivity index (χ1n) is 3.42. The number of amides is 1. The summed E-state index contributed by atoms with van der Waals surface area (Å²) in [5.74, 6) is 0. The molecule has 0 aromatic heterocycles. The van der Waals surface area contributed by atoms with Crippen molar-refractivity contribution in [2.24, 2.45) is 0 Å². The van der Waals surface area contributed by atoms with Crippen LogP contribution in [-0.4, -0.2) is 6.41 Å². The standard InChI is InChI=1S/C8H6F3NO/c9-8(10,11)6-3-1-2-4-7(6)12-5-13/h1-5H,(H,12,13). The van der Waals surface area contributed by atoms with Crippen molar-refractivity contribution < 1.29 is 18.0 Å². The number of para-hydroxylation sites is 1. The molecular weight excluding hydrogens is 183 g/mol. The average molecular weight is 189 g/mol. The van der Waals surface area contributed by atoms with E-state index in [4.69, 9.17) is 0 Å². The van der Waals surface area contributed by atoms with Crippen LogP contribution in [0.4, 0.5) is 18.9 Å². The molecule has 0 spiro atoms. The summed E-state index contributed by atoms with van der Waals surface area (Å²) in [6.45, 7) is 0. The van der Waals surface area contributed by atoms with E-state index in [1.54, 1.807) is 0 Å². The van der Waals surface area contributed by atoms with E-state index in [0.717, 1.165) is 6.07 Å². The Morgan fingerprint density at radius 2 is 1.85 bits per heavy atom.